The van der Waals surface area contributed by atoms with Gasteiger partial charge in [-0.15, -0.1) is 0 Å². The number of aliphatic hydroxyl groups excluding tert-OH is 1. The van der Waals surface area contributed by atoms with E-state index < -0.39 is 0 Å². The first-order valence-corrected chi connectivity index (χ1v) is 9.32. The monoisotopic (exact) mass is 352 g/mol. The third-order valence-electron chi connectivity index (χ3n) is 5.33. The Labute approximate surface area is 158 Å². The molecule has 27 heavy (non-hydrogen) atoms. The van der Waals surface area contributed by atoms with Crippen molar-refractivity contribution in [2.75, 3.05) is 13.2 Å². The number of ether oxygens (including phenoxy) is 1. The Kier molecular flexibility index (Phi) is 3.92. The quantitative estimate of drug-likeness (QED) is 0.466. The molecule has 4 aromatic rings. The minimum absolute atomic E-state index is 0.000223. The molecule has 0 fully saturated rings. The Morgan fingerprint density at radius 2 is 1.56 bits per heavy atom. The molecule has 1 N–H and O–H groups in total. The molecule has 2 heteroatoms. The molecule has 0 unspecified atom stereocenters. The molecule has 0 radical (unpaired) electrons. The summed E-state index contributed by atoms with van der Waals surface area (Å²) < 4.78 is 5.99. The molecule has 0 atom stereocenters. The van der Waals surface area contributed by atoms with Crippen LogP contribution in [0, 0.1) is 0 Å². The summed E-state index contributed by atoms with van der Waals surface area (Å²) in [7, 11) is 0. The lowest BCUT2D eigenvalue weighted by molar-refractivity contribution is 0.203. The first kappa shape index (κ1) is 16.1. The van der Waals surface area contributed by atoms with E-state index in [4.69, 9.17) is 4.74 Å². The van der Waals surface area contributed by atoms with E-state index in [0.717, 1.165) is 34.1 Å². The number of fused-ring (bicyclic) bond motifs is 4. The highest BCUT2D eigenvalue weighted by Gasteiger charge is 2.19. The first-order valence-electron chi connectivity index (χ1n) is 9.32. The van der Waals surface area contributed by atoms with Gasteiger partial charge >= 0.3 is 0 Å². The maximum Gasteiger partial charge on any atom is 0.135 e. The third-order valence-corrected chi connectivity index (χ3v) is 5.33. The zero-order valence-electron chi connectivity index (χ0n) is 15.0. The van der Waals surface area contributed by atoms with Gasteiger partial charge < -0.3 is 9.84 Å². The van der Waals surface area contributed by atoms with Crippen molar-refractivity contribution in [1.82, 2.24) is 0 Å². The highest BCUT2D eigenvalue weighted by molar-refractivity contribution is 5.96. The standard InChI is InChI=1S/C25H20O2/c26-13-14-27-25-22-8-4-1-5-17(22)11-12-23(25)20-10-9-19-15-18-6-2-3-7-21(18)24(19)16-20/h1-12,16,26H,13-15H2. The lowest BCUT2D eigenvalue weighted by Crippen LogP contribution is -2.03. The molecule has 1 aliphatic carbocycles. The van der Waals surface area contributed by atoms with E-state index in [2.05, 4.69) is 66.7 Å². The van der Waals surface area contributed by atoms with Crippen molar-refractivity contribution in [3.05, 3.63) is 90.0 Å². The van der Waals surface area contributed by atoms with Gasteiger partial charge in [-0.25, -0.2) is 0 Å². The van der Waals surface area contributed by atoms with E-state index in [9.17, 15) is 5.11 Å². The van der Waals surface area contributed by atoms with E-state index >= 15 is 0 Å². The first-order chi connectivity index (χ1) is 13.3. The maximum absolute atomic E-state index is 9.27. The van der Waals surface area contributed by atoms with Crippen molar-refractivity contribution in [2.45, 2.75) is 6.42 Å². The van der Waals surface area contributed by atoms with E-state index in [0.29, 0.717) is 0 Å². The van der Waals surface area contributed by atoms with Gasteiger partial charge in [0.2, 0.25) is 0 Å². The number of hydrogen-bond donors (Lipinski definition) is 1. The fraction of sp³-hybridized carbons (Fsp3) is 0.120. The van der Waals surface area contributed by atoms with Crippen molar-refractivity contribution in [2.24, 2.45) is 0 Å². The average Bonchev–Trinajstić information content (AvgIpc) is 3.10. The van der Waals surface area contributed by atoms with Crippen LogP contribution in [0.4, 0.5) is 0 Å². The van der Waals surface area contributed by atoms with E-state index in [1.54, 1.807) is 0 Å². The molecule has 0 heterocycles. The zero-order chi connectivity index (χ0) is 18.2. The topological polar surface area (TPSA) is 29.5 Å². The molecular weight excluding hydrogens is 332 g/mol. The average molecular weight is 352 g/mol. The van der Waals surface area contributed by atoms with Crippen LogP contribution >= 0.6 is 0 Å². The fourth-order valence-corrected chi connectivity index (χ4v) is 4.06. The van der Waals surface area contributed by atoms with Gasteiger partial charge in [0.25, 0.3) is 0 Å². The molecule has 2 nitrogen and oxygen atoms in total. The summed E-state index contributed by atoms with van der Waals surface area (Å²) in [5.74, 6) is 0.841. The summed E-state index contributed by atoms with van der Waals surface area (Å²) in [4.78, 5) is 0. The van der Waals surface area contributed by atoms with Crippen LogP contribution in [0.1, 0.15) is 11.1 Å². The summed E-state index contributed by atoms with van der Waals surface area (Å²) in [5, 5.41) is 11.5. The normalized spacial score (nSPS) is 12.0. The van der Waals surface area contributed by atoms with Crippen molar-refractivity contribution < 1.29 is 9.84 Å². The van der Waals surface area contributed by atoms with Crippen molar-refractivity contribution in [3.63, 3.8) is 0 Å². The Morgan fingerprint density at radius 3 is 2.48 bits per heavy atom. The van der Waals surface area contributed by atoms with Gasteiger partial charge in [-0.1, -0.05) is 72.8 Å². The van der Waals surface area contributed by atoms with Gasteiger partial charge in [0.15, 0.2) is 0 Å². The molecule has 0 saturated heterocycles. The van der Waals surface area contributed by atoms with Crippen LogP contribution in [-0.4, -0.2) is 18.3 Å². The maximum atomic E-state index is 9.27. The van der Waals surface area contributed by atoms with Gasteiger partial charge in [0.05, 0.1) is 6.61 Å². The predicted molar refractivity (Wildman–Crippen MR) is 110 cm³/mol. The van der Waals surface area contributed by atoms with Gasteiger partial charge in [0.1, 0.15) is 12.4 Å². The second-order valence-electron chi connectivity index (χ2n) is 6.94. The van der Waals surface area contributed by atoms with Crippen LogP contribution in [0.3, 0.4) is 0 Å². The Morgan fingerprint density at radius 1 is 0.741 bits per heavy atom. The molecule has 0 aliphatic heterocycles. The molecule has 0 spiro atoms. The highest BCUT2D eigenvalue weighted by atomic mass is 16.5. The molecular formula is C25H20O2. The summed E-state index contributed by atoms with van der Waals surface area (Å²) in [6, 6.07) is 27.8. The summed E-state index contributed by atoms with van der Waals surface area (Å²) in [6.45, 7) is 0.287. The number of benzene rings is 4. The second-order valence-corrected chi connectivity index (χ2v) is 6.94. The smallest absolute Gasteiger partial charge is 0.135 e. The highest BCUT2D eigenvalue weighted by Crippen LogP contribution is 2.42. The van der Waals surface area contributed by atoms with Crippen LogP contribution in [0.25, 0.3) is 33.0 Å². The van der Waals surface area contributed by atoms with Crippen LogP contribution < -0.4 is 4.74 Å². The Balaban J connectivity index is 1.69. The molecule has 132 valence electrons. The van der Waals surface area contributed by atoms with E-state index in [1.165, 1.54) is 22.3 Å². The third kappa shape index (κ3) is 2.70. The number of aliphatic hydroxyl groups is 1. The van der Waals surface area contributed by atoms with Gasteiger partial charge in [-0.3, -0.25) is 0 Å². The van der Waals surface area contributed by atoms with Crippen molar-refractivity contribution in [3.8, 4) is 28.0 Å². The number of rotatable bonds is 4. The zero-order valence-corrected chi connectivity index (χ0v) is 15.0. The molecule has 1 aliphatic rings. The summed E-state index contributed by atoms with van der Waals surface area (Å²) in [6.07, 6.45) is 0.997. The van der Waals surface area contributed by atoms with Crippen molar-refractivity contribution in [1.29, 1.82) is 0 Å². The molecule has 0 saturated carbocycles. The summed E-state index contributed by atoms with van der Waals surface area (Å²) in [5.41, 5.74) is 7.61. The van der Waals surface area contributed by atoms with Crippen LogP contribution in [0.2, 0.25) is 0 Å². The molecule has 0 amide bonds. The fourth-order valence-electron chi connectivity index (χ4n) is 4.06. The Bertz CT molecular complexity index is 1140. The van der Waals surface area contributed by atoms with E-state index in [1.807, 2.05) is 12.1 Å². The lowest BCUT2D eigenvalue weighted by Gasteiger charge is -2.15. The minimum Gasteiger partial charge on any atom is -0.490 e. The molecule has 4 aromatic carbocycles. The largest absolute Gasteiger partial charge is 0.490 e. The SMILES string of the molecule is OCCOc1c(-c2ccc3c(c2)-c2ccccc2C3)ccc2ccccc12. The molecule has 0 bridgehead atoms. The van der Waals surface area contributed by atoms with Crippen LogP contribution in [0.15, 0.2) is 78.9 Å². The Hall–Kier alpha value is -3.10. The van der Waals surface area contributed by atoms with Gasteiger partial charge in [-0.05, 0) is 45.7 Å². The summed E-state index contributed by atoms with van der Waals surface area (Å²) >= 11 is 0. The molecule has 5 rings (SSSR count). The number of hydrogen-bond acceptors (Lipinski definition) is 2. The van der Waals surface area contributed by atoms with Crippen LogP contribution in [0.5, 0.6) is 5.75 Å². The van der Waals surface area contributed by atoms with Gasteiger partial charge in [-0.2, -0.15) is 0 Å². The minimum atomic E-state index is 0.000223. The second kappa shape index (κ2) is 6.57. The van der Waals surface area contributed by atoms with Crippen molar-refractivity contribution >= 4 is 10.8 Å². The van der Waals surface area contributed by atoms with Crippen LogP contribution in [-0.2, 0) is 6.42 Å². The molecule has 0 aromatic heterocycles. The van der Waals surface area contributed by atoms with Gasteiger partial charge in [0, 0.05) is 10.9 Å². The van der Waals surface area contributed by atoms with E-state index in [-0.39, 0.29) is 13.2 Å². The lowest BCUT2D eigenvalue weighted by atomic mass is 9.96. The predicted octanol–water partition coefficient (Wildman–Crippen LogP) is 5.45.